The fourth-order valence-electron chi connectivity index (χ4n) is 1.37. The molecule has 3 N–H and O–H groups in total. The van der Waals surface area contributed by atoms with Crippen molar-refractivity contribution >= 4 is 11.8 Å². The van der Waals surface area contributed by atoms with E-state index in [9.17, 15) is 9.59 Å². The molecule has 0 aromatic rings. The number of nitrogens with zero attached hydrogens (tertiary/aromatic N) is 1. The van der Waals surface area contributed by atoms with Crippen LogP contribution in [0.3, 0.4) is 0 Å². The molecule has 0 radical (unpaired) electrons. The number of rotatable bonds is 9. The summed E-state index contributed by atoms with van der Waals surface area (Å²) in [6.07, 6.45) is 3.18. The Balaban J connectivity index is 3.49. The van der Waals surface area contributed by atoms with E-state index < -0.39 is 11.8 Å². The van der Waals surface area contributed by atoms with Gasteiger partial charge >= 0.3 is 11.8 Å². The third-order valence-corrected chi connectivity index (χ3v) is 2.39. The van der Waals surface area contributed by atoms with Gasteiger partial charge in [-0.15, -0.1) is 0 Å². The van der Waals surface area contributed by atoms with Gasteiger partial charge in [0.05, 0.1) is 0 Å². The van der Waals surface area contributed by atoms with Crippen molar-refractivity contribution in [2.75, 3.05) is 40.3 Å². The molecular formula is C12H25N3O3. The number of unbranched alkanes of at least 4 members (excludes halogenated alkanes) is 2. The zero-order valence-electron chi connectivity index (χ0n) is 11.4. The Kier molecular flexibility index (Phi) is 10.3. The summed E-state index contributed by atoms with van der Waals surface area (Å²) in [5, 5.41) is 13.7. The third kappa shape index (κ3) is 10.0. The van der Waals surface area contributed by atoms with E-state index >= 15 is 0 Å². The highest BCUT2D eigenvalue weighted by molar-refractivity contribution is 6.35. The quantitative estimate of drug-likeness (QED) is 0.379. The molecule has 6 heteroatoms. The molecule has 0 aliphatic carbocycles. The maximum absolute atomic E-state index is 11.3. The minimum Gasteiger partial charge on any atom is -0.396 e. The second kappa shape index (κ2) is 11.0. The second-order valence-electron chi connectivity index (χ2n) is 4.45. The predicted octanol–water partition coefficient (Wildman–Crippen LogP) is -0.667. The largest absolute Gasteiger partial charge is 0.396 e. The van der Waals surface area contributed by atoms with E-state index in [0.29, 0.717) is 13.1 Å². The van der Waals surface area contributed by atoms with Crippen LogP contribution in [0.25, 0.3) is 0 Å². The molecular weight excluding hydrogens is 234 g/mol. The van der Waals surface area contributed by atoms with Gasteiger partial charge in [0.25, 0.3) is 0 Å². The number of hydrogen-bond acceptors (Lipinski definition) is 4. The zero-order valence-corrected chi connectivity index (χ0v) is 11.4. The van der Waals surface area contributed by atoms with Crippen LogP contribution in [0, 0.1) is 0 Å². The summed E-state index contributed by atoms with van der Waals surface area (Å²) >= 11 is 0. The van der Waals surface area contributed by atoms with Crippen LogP contribution in [0.5, 0.6) is 0 Å². The van der Waals surface area contributed by atoms with Gasteiger partial charge in [0, 0.05) is 19.7 Å². The number of carbonyl (C=O) groups is 2. The average Bonchev–Trinajstić information content (AvgIpc) is 2.33. The molecule has 0 aliphatic heterocycles. The number of aliphatic hydroxyl groups is 1. The molecule has 0 rings (SSSR count). The molecule has 0 unspecified atom stereocenters. The van der Waals surface area contributed by atoms with E-state index in [-0.39, 0.29) is 6.61 Å². The first-order chi connectivity index (χ1) is 8.57. The summed E-state index contributed by atoms with van der Waals surface area (Å²) in [6.45, 7) is 2.03. The molecule has 0 aliphatic rings. The third-order valence-electron chi connectivity index (χ3n) is 2.39. The summed E-state index contributed by atoms with van der Waals surface area (Å²) in [6, 6.07) is 0. The van der Waals surface area contributed by atoms with Crippen molar-refractivity contribution in [1.29, 1.82) is 0 Å². The summed E-state index contributed by atoms with van der Waals surface area (Å²) in [5.74, 6) is -1.15. The van der Waals surface area contributed by atoms with Crippen LogP contribution in [-0.4, -0.2) is 62.2 Å². The van der Waals surface area contributed by atoms with Gasteiger partial charge in [0.1, 0.15) is 0 Å². The van der Waals surface area contributed by atoms with E-state index in [1.54, 1.807) is 0 Å². The molecule has 0 spiro atoms. The maximum Gasteiger partial charge on any atom is 0.309 e. The van der Waals surface area contributed by atoms with Gasteiger partial charge in [0.15, 0.2) is 0 Å². The van der Waals surface area contributed by atoms with Crippen LogP contribution in [0.1, 0.15) is 25.7 Å². The molecule has 0 saturated carbocycles. The number of carbonyl (C=O) groups excluding carboxylic acids is 2. The van der Waals surface area contributed by atoms with Gasteiger partial charge in [0.2, 0.25) is 0 Å². The average molecular weight is 259 g/mol. The van der Waals surface area contributed by atoms with Crippen molar-refractivity contribution in [1.82, 2.24) is 15.5 Å². The normalized spacial score (nSPS) is 10.4. The molecule has 106 valence electrons. The Labute approximate surface area is 109 Å². The standard InChI is InChI=1S/C12H25N3O3/c1-15(2)9-6-8-14-12(18)11(17)13-7-4-3-5-10-16/h16H,3-10H2,1-2H3,(H,13,17)(H,14,18). The van der Waals surface area contributed by atoms with Crippen LogP contribution in [0.2, 0.25) is 0 Å². The summed E-state index contributed by atoms with van der Waals surface area (Å²) in [7, 11) is 3.92. The molecule has 0 atom stereocenters. The highest BCUT2D eigenvalue weighted by atomic mass is 16.3. The minimum atomic E-state index is -0.580. The Hall–Kier alpha value is -1.14. The highest BCUT2D eigenvalue weighted by Gasteiger charge is 2.11. The predicted molar refractivity (Wildman–Crippen MR) is 70.1 cm³/mol. The Bertz CT molecular complexity index is 245. The number of aliphatic hydroxyl groups excluding tert-OH is 1. The maximum atomic E-state index is 11.3. The van der Waals surface area contributed by atoms with Gasteiger partial charge in [-0.2, -0.15) is 0 Å². The van der Waals surface area contributed by atoms with Crippen molar-refractivity contribution in [2.24, 2.45) is 0 Å². The SMILES string of the molecule is CN(C)CCCNC(=O)C(=O)NCCCCCO. The molecule has 0 saturated heterocycles. The lowest BCUT2D eigenvalue weighted by atomic mass is 10.2. The molecule has 18 heavy (non-hydrogen) atoms. The molecule has 0 aromatic carbocycles. The summed E-state index contributed by atoms with van der Waals surface area (Å²) in [5.41, 5.74) is 0. The molecule has 2 amide bonds. The number of nitrogens with one attached hydrogen (secondary N) is 2. The number of hydrogen-bond donors (Lipinski definition) is 3. The Morgan fingerprint density at radius 3 is 2.00 bits per heavy atom. The fourth-order valence-corrected chi connectivity index (χ4v) is 1.37. The van der Waals surface area contributed by atoms with Gasteiger partial charge in [-0.1, -0.05) is 0 Å². The smallest absolute Gasteiger partial charge is 0.309 e. The van der Waals surface area contributed by atoms with Gasteiger partial charge < -0.3 is 20.6 Å². The molecule has 0 heterocycles. The monoisotopic (exact) mass is 259 g/mol. The van der Waals surface area contributed by atoms with Crippen molar-refractivity contribution in [3.8, 4) is 0 Å². The second-order valence-corrected chi connectivity index (χ2v) is 4.45. The van der Waals surface area contributed by atoms with Crippen molar-refractivity contribution in [3.05, 3.63) is 0 Å². The van der Waals surface area contributed by atoms with Crippen LogP contribution in [0.4, 0.5) is 0 Å². The van der Waals surface area contributed by atoms with Crippen molar-refractivity contribution in [2.45, 2.75) is 25.7 Å². The lowest BCUT2D eigenvalue weighted by molar-refractivity contribution is -0.139. The lowest BCUT2D eigenvalue weighted by Crippen LogP contribution is -2.41. The van der Waals surface area contributed by atoms with E-state index in [1.807, 2.05) is 19.0 Å². The highest BCUT2D eigenvalue weighted by Crippen LogP contribution is 1.91. The van der Waals surface area contributed by atoms with Gasteiger partial charge in [-0.25, -0.2) is 0 Å². The van der Waals surface area contributed by atoms with E-state index in [1.165, 1.54) is 0 Å². The lowest BCUT2D eigenvalue weighted by Gasteiger charge is -2.09. The van der Waals surface area contributed by atoms with Crippen LogP contribution < -0.4 is 10.6 Å². The Morgan fingerprint density at radius 1 is 0.944 bits per heavy atom. The van der Waals surface area contributed by atoms with Crippen LogP contribution in [0.15, 0.2) is 0 Å². The zero-order chi connectivity index (χ0) is 13.8. The van der Waals surface area contributed by atoms with E-state index in [4.69, 9.17) is 5.11 Å². The van der Waals surface area contributed by atoms with Crippen molar-refractivity contribution < 1.29 is 14.7 Å². The molecule has 0 fully saturated rings. The van der Waals surface area contributed by atoms with Crippen molar-refractivity contribution in [3.63, 3.8) is 0 Å². The topological polar surface area (TPSA) is 81.7 Å². The van der Waals surface area contributed by atoms with Gasteiger partial charge in [-0.05, 0) is 46.3 Å². The minimum absolute atomic E-state index is 0.167. The first-order valence-corrected chi connectivity index (χ1v) is 6.39. The van der Waals surface area contributed by atoms with E-state index in [2.05, 4.69) is 10.6 Å². The Morgan fingerprint density at radius 2 is 1.50 bits per heavy atom. The van der Waals surface area contributed by atoms with Gasteiger partial charge in [-0.3, -0.25) is 9.59 Å². The molecule has 6 nitrogen and oxygen atoms in total. The summed E-state index contributed by atoms with van der Waals surface area (Å²) in [4.78, 5) is 24.7. The summed E-state index contributed by atoms with van der Waals surface area (Å²) < 4.78 is 0. The van der Waals surface area contributed by atoms with Crippen LogP contribution >= 0.6 is 0 Å². The first-order valence-electron chi connectivity index (χ1n) is 6.39. The van der Waals surface area contributed by atoms with Crippen LogP contribution in [-0.2, 0) is 9.59 Å². The molecule has 0 aromatic heterocycles. The van der Waals surface area contributed by atoms with E-state index in [0.717, 1.165) is 32.2 Å². The molecule has 0 bridgehead atoms. The first kappa shape index (κ1) is 16.9. The number of amides is 2. The fraction of sp³-hybridized carbons (Fsp3) is 0.833.